The second-order valence-corrected chi connectivity index (χ2v) is 5.01. The minimum atomic E-state index is -0.192. The normalized spacial score (nSPS) is 19.6. The quantitative estimate of drug-likeness (QED) is 0.343. The first kappa shape index (κ1) is 14.6. The summed E-state index contributed by atoms with van der Waals surface area (Å²) in [5, 5.41) is 14.9. The first-order valence-electron chi connectivity index (χ1n) is 6.28. The Bertz CT molecular complexity index is 528. The van der Waals surface area contributed by atoms with Crippen LogP contribution < -0.4 is 11.1 Å². The van der Waals surface area contributed by atoms with E-state index in [-0.39, 0.29) is 17.7 Å². The van der Waals surface area contributed by atoms with Crippen LogP contribution in [0.15, 0.2) is 23.4 Å². The molecule has 1 aromatic carbocycles. The van der Waals surface area contributed by atoms with Crippen LogP contribution in [0.5, 0.6) is 0 Å². The van der Waals surface area contributed by atoms with Gasteiger partial charge in [0.25, 0.3) is 0 Å². The van der Waals surface area contributed by atoms with Crippen molar-refractivity contribution in [2.45, 2.75) is 12.8 Å². The number of carbonyl (C=O) groups is 1. The van der Waals surface area contributed by atoms with E-state index in [0.717, 1.165) is 12.8 Å². The summed E-state index contributed by atoms with van der Waals surface area (Å²) < 4.78 is 5.29. The Kier molecular flexibility index (Phi) is 4.81. The predicted octanol–water partition coefficient (Wildman–Crippen LogP) is 1.80. The number of nitrogens with two attached hydrogens (primary N) is 1. The van der Waals surface area contributed by atoms with Crippen molar-refractivity contribution in [2.75, 3.05) is 18.5 Å². The zero-order valence-electron chi connectivity index (χ0n) is 10.8. The summed E-state index contributed by atoms with van der Waals surface area (Å²) in [5.41, 5.74) is 6.42. The Morgan fingerprint density at radius 2 is 2.35 bits per heavy atom. The number of carbonyl (C=O) groups excluding carboxylic acids is 1. The van der Waals surface area contributed by atoms with Gasteiger partial charge in [-0.1, -0.05) is 16.8 Å². The third-order valence-corrected chi connectivity index (χ3v) is 3.39. The summed E-state index contributed by atoms with van der Waals surface area (Å²) in [7, 11) is 0. The molecule has 0 spiro atoms. The van der Waals surface area contributed by atoms with E-state index in [1.54, 1.807) is 18.2 Å². The highest BCUT2D eigenvalue weighted by molar-refractivity contribution is 6.31. The highest BCUT2D eigenvalue weighted by Gasteiger charge is 2.23. The minimum absolute atomic E-state index is 0.0862. The van der Waals surface area contributed by atoms with Crippen molar-refractivity contribution in [1.82, 2.24) is 0 Å². The number of hydrogen-bond donors (Lipinski definition) is 3. The van der Waals surface area contributed by atoms with Crippen LogP contribution in [-0.4, -0.2) is 30.2 Å². The Balaban J connectivity index is 2.19. The molecule has 1 aliphatic rings. The number of benzene rings is 1. The summed E-state index contributed by atoms with van der Waals surface area (Å²) in [6.07, 6.45) is 1.64. The molecule has 4 N–H and O–H groups in total. The summed E-state index contributed by atoms with van der Waals surface area (Å²) in [6, 6.07) is 4.76. The number of oxime groups is 1. The second-order valence-electron chi connectivity index (χ2n) is 4.58. The van der Waals surface area contributed by atoms with Crippen molar-refractivity contribution in [3.8, 4) is 0 Å². The molecule has 0 saturated carbocycles. The number of amides is 1. The van der Waals surface area contributed by atoms with E-state index >= 15 is 0 Å². The number of hydrogen-bond acceptors (Lipinski definition) is 4. The maximum absolute atomic E-state index is 12.2. The van der Waals surface area contributed by atoms with Gasteiger partial charge in [0.05, 0.1) is 18.2 Å². The smallest absolute Gasteiger partial charge is 0.229 e. The second kappa shape index (κ2) is 6.58. The van der Waals surface area contributed by atoms with Gasteiger partial charge in [0.1, 0.15) is 0 Å². The number of amidine groups is 1. The fourth-order valence-corrected chi connectivity index (χ4v) is 2.25. The molecule has 0 radical (unpaired) electrons. The molecule has 2 rings (SSSR count). The van der Waals surface area contributed by atoms with E-state index < -0.39 is 0 Å². The maximum atomic E-state index is 12.2. The molecule has 0 bridgehead atoms. The van der Waals surface area contributed by atoms with Crippen LogP contribution in [-0.2, 0) is 9.53 Å². The summed E-state index contributed by atoms with van der Waals surface area (Å²) in [4.78, 5) is 12.2. The monoisotopic (exact) mass is 297 g/mol. The zero-order valence-corrected chi connectivity index (χ0v) is 11.6. The standard InChI is InChI=1S/C13H16ClN3O3/c14-9-3-4-10(12(15)17-19)11(6-9)16-13(18)8-2-1-5-20-7-8/h3-4,6,8,19H,1-2,5,7H2,(H2,15,17)(H,16,18). The highest BCUT2D eigenvalue weighted by Crippen LogP contribution is 2.23. The van der Waals surface area contributed by atoms with Crippen molar-refractivity contribution in [3.63, 3.8) is 0 Å². The van der Waals surface area contributed by atoms with Gasteiger partial charge >= 0.3 is 0 Å². The van der Waals surface area contributed by atoms with E-state index in [2.05, 4.69) is 10.5 Å². The van der Waals surface area contributed by atoms with E-state index in [4.69, 9.17) is 27.3 Å². The van der Waals surface area contributed by atoms with Crippen molar-refractivity contribution < 1.29 is 14.7 Å². The fraction of sp³-hybridized carbons (Fsp3) is 0.385. The van der Waals surface area contributed by atoms with Crippen molar-refractivity contribution in [2.24, 2.45) is 16.8 Å². The first-order chi connectivity index (χ1) is 9.61. The van der Waals surface area contributed by atoms with Crippen LogP contribution in [0.25, 0.3) is 0 Å². The molecule has 0 aliphatic carbocycles. The molecule has 1 atom stereocenters. The lowest BCUT2D eigenvalue weighted by atomic mass is 10.0. The van der Waals surface area contributed by atoms with Crippen LogP contribution >= 0.6 is 11.6 Å². The molecule has 1 unspecified atom stereocenters. The minimum Gasteiger partial charge on any atom is -0.409 e. The number of halogens is 1. The van der Waals surface area contributed by atoms with Crippen LogP contribution in [0.1, 0.15) is 18.4 Å². The largest absolute Gasteiger partial charge is 0.409 e. The van der Waals surface area contributed by atoms with E-state index in [1.807, 2.05) is 0 Å². The van der Waals surface area contributed by atoms with Gasteiger partial charge in [-0.3, -0.25) is 4.79 Å². The molecule has 108 valence electrons. The molecule has 1 fully saturated rings. The Hall–Kier alpha value is -1.79. The molecule has 20 heavy (non-hydrogen) atoms. The SMILES string of the molecule is NC(=NO)c1ccc(Cl)cc1NC(=O)C1CCCOC1. The molecule has 0 aromatic heterocycles. The topological polar surface area (TPSA) is 96.9 Å². The third kappa shape index (κ3) is 3.40. The molecule has 1 aliphatic heterocycles. The summed E-state index contributed by atoms with van der Waals surface area (Å²) >= 11 is 5.91. The lowest BCUT2D eigenvalue weighted by molar-refractivity contribution is -0.123. The van der Waals surface area contributed by atoms with E-state index in [1.165, 1.54) is 0 Å². The average Bonchev–Trinajstić information content (AvgIpc) is 2.47. The number of ether oxygens (including phenoxy) is 1. The first-order valence-corrected chi connectivity index (χ1v) is 6.65. The van der Waals surface area contributed by atoms with Crippen molar-refractivity contribution in [1.29, 1.82) is 0 Å². The fourth-order valence-electron chi connectivity index (χ4n) is 2.08. The lowest BCUT2D eigenvalue weighted by Gasteiger charge is -2.22. The molecule has 1 saturated heterocycles. The third-order valence-electron chi connectivity index (χ3n) is 3.15. The predicted molar refractivity (Wildman–Crippen MR) is 76.1 cm³/mol. The molecular formula is C13H16ClN3O3. The van der Waals surface area contributed by atoms with E-state index in [9.17, 15) is 4.79 Å². The average molecular weight is 298 g/mol. The molecule has 6 nitrogen and oxygen atoms in total. The molecule has 1 aromatic rings. The van der Waals surface area contributed by atoms with Gasteiger partial charge in [0.15, 0.2) is 5.84 Å². The molecular weight excluding hydrogens is 282 g/mol. The van der Waals surface area contributed by atoms with Gasteiger partial charge < -0.3 is 21.0 Å². The lowest BCUT2D eigenvalue weighted by Crippen LogP contribution is -2.31. The molecule has 1 heterocycles. The van der Waals surface area contributed by atoms with Crippen LogP contribution in [0.3, 0.4) is 0 Å². The zero-order chi connectivity index (χ0) is 14.5. The Labute approximate surface area is 121 Å². The maximum Gasteiger partial charge on any atom is 0.229 e. The van der Waals surface area contributed by atoms with Gasteiger partial charge in [-0.05, 0) is 31.0 Å². The van der Waals surface area contributed by atoms with Crippen LogP contribution in [0.2, 0.25) is 5.02 Å². The number of nitrogens with one attached hydrogen (secondary N) is 1. The van der Waals surface area contributed by atoms with Gasteiger partial charge in [0, 0.05) is 17.2 Å². The van der Waals surface area contributed by atoms with Gasteiger partial charge in [-0.25, -0.2) is 0 Å². The molecule has 7 heteroatoms. The Morgan fingerprint density at radius 3 is 3.00 bits per heavy atom. The van der Waals surface area contributed by atoms with Gasteiger partial charge in [-0.2, -0.15) is 0 Å². The molecule has 1 amide bonds. The van der Waals surface area contributed by atoms with Crippen LogP contribution in [0.4, 0.5) is 5.69 Å². The van der Waals surface area contributed by atoms with Crippen LogP contribution in [0, 0.1) is 5.92 Å². The van der Waals surface area contributed by atoms with E-state index in [0.29, 0.717) is 29.5 Å². The highest BCUT2D eigenvalue weighted by atomic mass is 35.5. The van der Waals surface area contributed by atoms with Crippen molar-refractivity contribution >= 4 is 29.0 Å². The van der Waals surface area contributed by atoms with Gasteiger partial charge in [0.2, 0.25) is 5.91 Å². The van der Waals surface area contributed by atoms with Crippen molar-refractivity contribution in [3.05, 3.63) is 28.8 Å². The Morgan fingerprint density at radius 1 is 1.55 bits per heavy atom. The number of nitrogens with zero attached hydrogens (tertiary/aromatic N) is 1. The summed E-state index contributed by atoms with van der Waals surface area (Å²) in [5.74, 6) is -0.432. The number of anilines is 1. The summed E-state index contributed by atoms with van der Waals surface area (Å²) in [6.45, 7) is 1.10. The van der Waals surface area contributed by atoms with Gasteiger partial charge in [-0.15, -0.1) is 0 Å². The number of rotatable bonds is 3.